The van der Waals surface area contributed by atoms with Crippen LogP contribution in [0.3, 0.4) is 0 Å². The molecule has 2 aromatic heterocycles. The molecule has 1 aliphatic rings. The molecule has 1 N–H and O–H groups in total. The van der Waals surface area contributed by atoms with E-state index in [-0.39, 0.29) is 0 Å². The first-order valence-electron chi connectivity index (χ1n) is 8.17. The van der Waals surface area contributed by atoms with E-state index in [0.29, 0.717) is 0 Å². The maximum Gasteiger partial charge on any atom is 0.226 e. The van der Waals surface area contributed by atoms with Crippen molar-refractivity contribution in [3.63, 3.8) is 0 Å². The highest BCUT2D eigenvalue weighted by atomic mass is 15.4. The first-order chi connectivity index (χ1) is 10.8. The van der Waals surface area contributed by atoms with Crippen LogP contribution in [0, 0.1) is 12.8 Å². The van der Waals surface area contributed by atoms with Gasteiger partial charge in [-0.3, -0.25) is 0 Å². The minimum absolute atomic E-state index is 0.775. The lowest BCUT2D eigenvalue weighted by molar-refractivity contribution is 0.517. The molecule has 1 saturated carbocycles. The molecular weight excluding hydrogens is 274 g/mol. The molecule has 1 aliphatic carbocycles. The summed E-state index contributed by atoms with van der Waals surface area (Å²) in [6, 6.07) is 8.11. The molecule has 0 amide bonds. The largest absolute Gasteiger partial charge is 0.354 e. The van der Waals surface area contributed by atoms with Crippen molar-refractivity contribution in [2.45, 2.75) is 39.0 Å². The number of fused-ring (bicyclic) bond motifs is 3. The fourth-order valence-electron chi connectivity index (χ4n) is 3.46. The van der Waals surface area contributed by atoms with Gasteiger partial charge in [0, 0.05) is 11.9 Å². The number of hydrogen-bond acceptors (Lipinski definition) is 4. The van der Waals surface area contributed by atoms with Crippen molar-refractivity contribution >= 4 is 22.5 Å². The fourth-order valence-corrected chi connectivity index (χ4v) is 3.46. The molecule has 114 valence electrons. The average Bonchev–Trinajstić information content (AvgIpc) is 3.16. The van der Waals surface area contributed by atoms with E-state index < -0.39 is 0 Å². The normalized spacial score (nSPS) is 15.9. The van der Waals surface area contributed by atoms with E-state index in [1.807, 2.05) is 35.7 Å². The van der Waals surface area contributed by atoms with Crippen LogP contribution in [0.25, 0.3) is 16.6 Å². The van der Waals surface area contributed by atoms with Crippen molar-refractivity contribution in [2.75, 3.05) is 11.9 Å². The summed E-state index contributed by atoms with van der Waals surface area (Å²) in [6.07, 6.45) is 6.76. The molecular formula is C17H21N5. The molecule has 4 rings (SSSR count). The van der Waals surface area contributed by atoms with Gasteiger partial charge in [0.1, 0.15) is 5.82 Å². The Balaban J connectivity index is 1.65. The minimum atomic E-state index is 0.775. The molecule has 0 spiro atoms. The monoisotopic (exact) mass is 295 g/mol. The lowest BCUT2D eigenvalue weighted by Gasteiger charge is -2.11. The average molecular weight is 295 g/mol. The number of benzene rings is 1. The van der Waals surface area contributed by atoms with Crippen LogP contribution in [-0.4, -0.2) is 26.1 Å². The standard InChI is InChI=1S/C17H21N5/c1-12-19-16-14-8-4-5-9-15(14)20-17(22(16)21-12)18-11-10-13-6-2-3-7-13/h4-5,8-9,13H,2-3,6-7,10-11H2,1H3,(H,18,20). The van der Waals surface area contributed by atoms with Crippen LogP contribution in [0.2, 0.25) is 0 Å². The van der Waals surface area contributed by atoms with Crippen molar-refractivity contribution in [1.82, 2.24) is 19.6 Å². The molecule has 1 aromatic carbocycles. The highest BCUT2D eigenvalue weighted by Crippen LogP contribution is 2.27. The van der Waals surface area contributed by atoms with Gasteiger partial charge >= 0.3 is 0 Å². The maximum absolute atomic E-state index is 4.73. The van der Waals surface area contributed by atoms with E-state index in [1.54, 1.807) is 0 Å². The Morgan fingerprint density at radius 3 is 2.86 bits per heavy atom. The van der Waals surface area contributed by atoms with E-state index in [0.717, 1.165) is 40.8 Å². The van der Waals surface area contributed by atoms with E-state index in [1.165, 1.54) is 32.1 Å². The summed E-state index contributed by atoms with van der Waals surface area (Å²) in [5, 5.41) is 9.01. The van der Waals surface area contributed by atoms with Gasteiger partial charge in [-0.05, 0) is 31.4 Å². The van der Waals surface area contributed by atoms with Crippen LogP contribution in [-0.2, 0) is 0 Å². The first-order valence-corrected chi connectivity index (χ1v) is 8.17. The number of aryl methyl sites for hydroxylation is 1. The van der Waals surface area contributed by atoms with Gasteiger partial charge in [-0.1, -0.05) is 37.8 Å². The molecule has 0 aliphatic heterocycles. The Kier molecular flexibility index (Phi) is 3.41. The Hall–Kier alpha value is -2.17. The lowest BCUT2D eigenvalue weighted by Crippen LogP contribution is -2.12. The highest BCUT2D eigenvalue weighted by Gasteiger charge is 2.15. The number of nitrogens with one attached hydrogen (secondary N) is 1. The summed E-state index contributed by atoms with van der Waals surface area (Å²) in [5.74, 6) is 2.45. The van der Waals surface area contributed by atoms with Crippen molar-refractivity contribution in [3.8, 4) is 0 Å². The van der Waals surface area contributed by atoms with Crippen molar-refractivity contribution in [1.29, 1.82) is 0 Å². The number of rotatable bonds is 4. The number of hydrogen-bond donors (Lipinski definition) is 1. The third-order valence-corrected chi connectivity index (χ3v) is 4.60. The summed E-state index contributed by atoms with van der Waals surface area (Å²) in [6.45, 7) is 2.87. The Bertz CT molecular complexity index is 801. The van der Waals surface area contributed by atoms with Crippen LogP contribution in [0.4, 0.5) is 5.95 Å². The summed E-state index contributed by atoms with van der Waals surface area (Å²) in [4.78, 5) is 9.29. The summed E-state index contributed by atoms with van der Waals surface area (Å²) >= 11 is 0. The van der Waals surface area contributed by atoms with Gasteiger partial charge in [0.15, 0.2) is 5.65 Å². The smallest absolute Gasteiger partial charge is 0.226 e. The lowest BCUT2D eigenvalue weighted by atomic mass is 10.0. The molecule has 2 heterocycles. The van der Waals surface area contributed by atoms with Gasteiger partial charge in [-0.2, -0.15) is 4.52 Å². The fraction of sp³-hybridized carbons (Fsp3) is 0.471. The second-order valence-corrected chi connectivity index (χ2v) is 6.21. The molecule has 22 heavy (non-hydrogen) atoms. The van der Waals surface area contributed by atoms with Gasteiger partial charge in [0.05, 0.1) is 5.52 Å². The predicted octanol–water partition coefficient (Wildman–Crippen LogP) is 3.58. The zero-order chi connectivity index (χ0) is 14.9. The minimum Gasteiger partial charge on any atom is -0.354 e. The van der Waals surface area contributed by atoms with Crippen molar-refractivity contribution < 1.29 is 0 Å². The van der Waals surface area contributed by atoms with Gasteiger partial charge in [0.25, 0.3) is 0 Å². The van der Waals surface area contributed by atoms with Crippen LogP contribution >= 0.6 is 0 Å². The number of para-hydroxylation sites is 1. The van der Waals surface area contributed by atoms with Crippen molar-refractivity contribution in [3.05, 3.63) is 30.1 Å². The molecule has 0 radical (unpaired) electrons. The molecule has 0 saturated heterocycles. The molecule has 0 bridgehead atoms. The third kappa shape index (κ3) is 2.40. The zero-order valence-corrected chi connectivity index (χ0v) is 12.9. The van der Waals surface area contributed by atoms with Gasteiger partial charge in [-0.15, -0.1) is 5.10 Å². The van der Waals surface area contributed by atoms with Gasteiger partial charge in [0.2, 0.25) is 5.95 Å². The van der Waals surface area contributed by atoms with E-state index in [4.69, 9.17) is 4.98 Å². The number of nitrogens with zero attached hydrogens (tertiary/aromatic N) is 4. The van der Waals surface area contributed by atoms with Crippen LogP contribution in [0.5, 0.6) is 0 Å². The van der Waals surface area contributed by atoms with Crippen LogP contribution in [0.1, 0.15) is 37.9 Å². The zero-order valence-electron chi connectivity index (χ0n) is 12.9. The maximum atomic E-state index is 4.73. The quantitative estimate of drug-likeness (QED) is 0.799. The van der Waals surface area contributed by atoms with E-state index >= 15 is 0 Å². The van der Waals surface area contributed by atoms with Gasteiger partial charge in [-0.25, -0.2) is 9.97 Å². The number of aromatic nitrogens is 4. The molecule has 3 aromatic rings. The summed E-state index contributed by atoms with van der Waals surface area (Å²) < 4.78 is 1.84. The van der Waals surface area contributed by atoms with E-state index in [2.05, 4.69) is 15.4 Å². The third-order valence-electron chi connectivity index (χ3n) is 4.60. The SMILES string of the molecule is Cc1nc2c3ccccc3nc(NCCC3CCCC3)n2n1. The molecule has 0 atom stereocenters. The summed E-state index contributed by atoms with van der Waals surface area (Å²) in [5.41, 5.74) is 1.84. The molecule has 1 fully saturated rings. The van der Waals surface area contributed by atoms with Crippen LogP contribution < -0.4 is 5.32 Å². The predicted molar refractivity (Wildman–Crippen MR) is 88.1 cm³/mol. The van der Waals surface area contributed by atoms with Gasteiger partial charge < -0.3 is 5.32 Å². The Morgan fingerprint density at radius 2 is 2.00 bits per heavy atom. The second-order valence-electron chi connectivity index (χ2n) is 6.21. The molecule has 5 nitrogen and oxygen atoms in total. The first kappa shape index (κ1) is 13.5. The molecule has 0 unspecified atom stereocenters. The van der Waals surface area contributed by atoms with Crippen LogP contribution in [0.15, 0.2) is 24.3 Å². The Morgan fingerprint density at radius 1 is 1.18 bits per heavy atom. The number of anilines is 1. The van der Waals surface area contributed by atoms with E-state index in [9.17, 15) is 0 Å². The topological polar surface area (TPSA) is 55.1 Å². The Labute approximate surface area is 129 Å². The summed E-state index contributed by atoms with van der Waals surface area (Å²) in [7, 11) is 0. The highest BCUT2D eigenvalue weighted by molar-refractivity contribution is 5.92. The second kappa shape index (κ2) is 5.55. The molecule has 5 heteroatoms. The van der Waals surface area contributed by atoms with Crippen molar-refractivity contribution in [2.24, 2.45) is 5.92 Å².